The first-order valence-corrected chi connectivity index (χ1v) is 13.4. The Bertz CT molecular complexity index is 1490. The van der Waals surface area contributed by atoms with Gasteiger partial charge >= 0.3 is 0 Å². The van der Waals surface area contributed by atoms with Crippen molar-refractivity contribution in [3.63, 3.8) is 0 Å². The fourth-order valence-corrected chi connectivity index (χ4v) is 5.56. The summed E-state index contributed by atoms with van der Waals surface area (Å²) in [6.07, 6.45) is -0.348. The van der Waals surface area contributed by atoms with Gasteiger partial charge in [-0.25, -0.2) is 0 Å². The summed E-state index contributed by atoms with van der Waals surface area (Å²) < 4.78 is 0. The number of hydrogen-bond donors (Lipinski definition) is 2. The van der Waals surface area contributed by atoms with E-state index >= 15 is 0 Å². The third-order valence-electron chi connectivity index (χ3n) is 7.00. The Hall–Kier alpha value is -3.38. The third kappa shape index (κ3) is 5.14. The Morgan fingerprint density at radius 3 is 2.45 bits per heavy atom. The number of benzene rings is 4. The van der Waals surface area contributed by atoms with Gasteiger partial charge in [0.25, 0.3) is 0 Å². The molecular weight excluding hydrogens is 519 g/mol. The molecule has 7 heteroatoms. The number of anilines is 2. The average molecular weight is 547 g/mol. The molecule has 5 rings (SSSR count). The molecule has 0 spiro atoms. The van der Waals surface area contributed by atoms with Crippen molar-refractivity contribution in [2.75, 3.05) is 16.8 Å². The van der Waals surface area contributed by atoms with Gasteiger partial charge in [0.2, 0.25) is 5.91 Å². The maximum atomic E-state index is 14.2. The van der Waals surface area contributed by atoms with Crippen LogP contribution in [-0.4, -0.2) is 29.4 Å². The van der Waals surface area contributed by atoms with E-state index in [0.29, 0.717) is 40.7 Å². The molecule has 1 aliphatic heterocycles. The minimum absolute atomic E-state index is 0.308. The normalized spacial score (nSPS) is 17.8. The van der Waals surface area contributed by atoms with Crippen molar-refractivity contribution in [3.05, 3.63) is 106 Å². The van der Waals surface area contributed by atoms with E-state index in [0.717, 1.165) is 22.0 Å². The van der Waals surface area contributed by atoms with Gasteiger partial charge in [0, 0.05) is 27.8 Å². The summed E-state index contributed by atoms with van der Waals surface area (Å²) in [6, 6.07) is 25.5. The number of Topliss-reactive ketones (excluding diaryl/α,β-unsaturated/α-hetero) is 1. The Morgan fingerprint density at radius 2 is 1.71 bits per heavy atom. The molecule has 1 amide bonds. The predicted molar refractivity (Wildman–Crippen MR) is 154 cm³/mol. The molecule has 1 aliphatic rings. The number of halogens is 2. The molecule has 1 heterocycles. The highest BCUT2D eigenvalue weighted by atomic mass is 35.5. The number of fused-ring (bicyclic) bond motifs is 2. The van der Waals surface area contributed by atoms with E-state index in [1.807, 2.05) is 61.5 Å². The molecule has 2 N–H and O–H groups in total. The zero-order chi connectivity index (χ0) is 26.8. The van der Waals surface area contributed by atoms with Crippen molar-refractivity contribution in [3.8, 4) is 0 Å². The van der Waals surface area contributed by atoms with Crippen molar-refractivity contribution >= 4 is 57.0 Å². The Balaban J connectivity index is 1.53. The molecule has 4 aromatic rings. The van der Waals surface area contributed by atoms with Crippen LogP contribution >= 0.6 is 23.2 Å². The molecular formula is C31H28Cl2N2O3. The van der Waals surface area contributed by atoms with E-state index in [2.05, 4.69) is 5.32 Å². The van der Waals surface area contributed by atoms with E-state index < -0.39 is 29.8 Å². The molecule has 0 radical (unpaired) electrons. The molecule has 0 bridgehead atoms. The number of rotatable bonds is 8. The highest BCUT2D eigenvalue weighted by Crippen LogP contribution is 2.43. The quantitative estimate of drug-likeness (QED) is 0.237. The molecule has 5 nitrogen and oxygen atoms in total. The van der Waals surface area contributed by atoms with Crippen molar-refractivity contribution in [1.82, 2.24) is 0 Å². The monoisotopic (exact) mass is 546 g/mol. The van der Waals surface area contributed by atoms with E-state index in [1.54, 1.807) is 35.2 Å². The second-order valence-corrected chi connectivity index (χ2v) is 10.4. The van der Waals surface area contributed by atoms with E-state index in [9.17, 15) is 14.7 Å². The fourth-order valence-electron chi connectivity index (χ4n) is 5.15. The van der Waals surface area contributed by atoms with Crippen LogP contribution in [-0.2, 0) is 16.0 Å². The number of aliphatic hydroxyl groups excluding tert-OH is 1. The largest absolute Gasteiger partial charge is 0.387 e. The maximum absolute atomic E-state index is 14.2. The zero-order valence-electron chi connectivity index (χ0n) is 20.9. The number of nitrogens with zero attached hydrogens (tertiary/aromatic N) is 1. The summed E-state index contributed by atoms with van der Waals surface area (Å²) >= 11 is 12.6. The molecule has 0 aliphatic carbocycles. The van der Waals surface area contributed by atoms with Crippen LogP contribution in [0.5, 0.6) is 0 Å². The van der Waals surface area contributed by atoms with Crippen LogP contribution in [0.3, 0.4) is 0 Å². The van der Waals surface area contributed by atoms with Crippen molar-refractivity contribution in [1.29, 1.82) is 0 Å². The maximum Gasteiger partial charge on any atom is 0.240 e. The van der Waals surface area contributed by atoms with Gasteiger partial charge in [-0.1, -0.05) is 78.7 Å². The second kappa shape index (κ2) is 11.2. The van der Waals surface area contributed by atoms with E-state index in [4.69, 9.17) is 23.2 Å². The average Bonchev–Trinajstić information content (AvgIpc) is 2.91. The Labute approximate surface area is 232 Å². The first kappa shape index (κ1) is 26.2. The molecule has 3 unspecified atom stereocenters. The summed E-state index contributed by atoms with van der Waals surface area (Å²) in [5, 5.41) is 17.8. The van der Waals surface area contributed by atoms with Crippen molar-refractivity contribution < 1.29 is 14.7 Å². The van der Waals surface area contributed by atoms with Gasteiger partial charge in [0.15, 0.2) is 5.78 Å². The highest BCUT2D eigenvalue weighted by molar-refractivity contribution is 6.32. The lowest BCUT2D eigenvalue weighted by atomic mass is 9.82. The number of amides is 1. The minimum atomic E-state index is -1.35. The lowest BCUT2D eigenvalue weighted by Gasteiger charge is -2.38. The summed E-state index contributed by atoms with van der Waals surface area (Å²) in [6.45, 7) is 2.38. The predicted octanol–water partition coefficient (Wildman–Crippen LogP) is 6.85. The lowest BCUT2D eigenvalue weighted by molar-refractivity contribution is -0.138. The molecule has 0 saturated heterocycles. The van der Waals surface area contributed by atoms with Crippen LogP contribution in [0.1, 0.15) is 30.6 Å². The molecule has 38 heavy (non-hydrogen) atoms. The van der Waals surface area contributed by atoms with Gasteiger partial charge in [0.1, 0.15) is 12.0 Å². The zero-order valence-corrected chi connectivity index (χ0v) is 22.4. The summed E-state index contributed by atoms with van der Waals surface area (Å²) in [5.41, 5.74) is 2.59. The molecule has 0 saturated carbocycles. The molecule has 0 fully saturated rings. The summed E-state index contributed by atoms with van der Waals surface area (Å²) in [4.78, 5) is 29.5. The lowest BCUT2D eigenvalue weighted by Crippen LogP contribution is -2.51. The summed E-state index contributed by atoms with van der Waals surface area (Å²) in [5.74, 6) is -2.10. The van der Waals surface area contributed by atoms with Gasteiger partial charge in [0.05, 0.1) is 11.7 Å². The fraction of sp³-hybridized carbons (Fsp3) is 0.226. The smallest absolute Gasteiger partial charge is 0.240 e. The molecule has 194 valence electrons. The number of nitrogens with one attached hydrogen (secondary N) is 1. The SMILES string of the molecule is CCCN1C(=O)C(C(=O)C(Cc2ccc(Cl)cc2)Nc2ccc3ccccc3c2)C(O)c2c(Cl)cccc21. The van der Waals surface area contributed by atoms with Gasteiger partial charge in [-0.3, -0.25) is 9.59 Å². The van der Waals surface area contributed by atoms with Gasteiger partial charge in [-0.05, 0) is 65.6 Å². The van der Waals surface area contributed by atoms with Gasteiger partial charge in [-0.2, -0.15) is 0 Å². The van der Waals surface area contributed by atoms with Crippen LogP contribution in [0.15, 0.2) is 84.9 Å². The van der Waals surface area contributed by atoms with Crippen molar-refractivity contribution in [2.45, 2.75) is 31.9 Å². The number of carbonyl (C=O) groups excluding carboxylic acids is 2. The van der Waals surface area contributed by atoms with E-state index in [-0.39, 0.29) is 0 Å². The van der Waals surface area contributed by atoms with Crippen LogP contribution in [0.2, 0.25) is 10.0 Å². The van der Waals surface area contributed by atoms with Crippen LogP contribution in [0.4, 0.5) is 11.4 Å². The standard InChI is InChI=1S/C31H28Cl2N2O3/c1-2-16-35-26-9-5-8-24(33)27(26)30(37)28(31(35)38)29(36)25(17-19-10-13-22(32)14-11-19)34-23-15-12-20-6-3-4-7-21(20)18-23/h3-15,18,25,28,30,34,37H,2,16-17H2,1H3. The molecule has 3 atom stereocenters. The van der Waals surface area contributed by atoms with Crippen molar-refractivity contribution in [2.24, 2.45) is 5.92 Å². The third-order valence-corrected chi connectivity index (χ3v) is 7.59. The van der Waals surface area contributed by atoms with Crippen LogP contribution in [0, 0.1) is 5.92 Å². The summed E-state index contributed by atoms with van der Waals surface area (Å²) in [7, 11) is 0. The highest BCUT2D eigenvalue weighted by Gasteiger charge is 2.46. The Morgan fingerprint density at radius 1 is 0.974 bits per heavy atom. The number of carbonyl (C=O) groups is 2. The van der Waals surface area contributed by atoms with Gasteiger partial charge < -0.3 is 15.3 Å². The molecule has 0 aromatic heterocycles. The van der Waals surface area contributed by atoms with Gasteiger partial charge in [-0.15, -0.1) is 0 Å². The number of aliphatic hydroxyl groups is 1. The second-order valence-electron chi connectivity index (χ2n) is 9.58. The van der Waals surface area contributed by atoms with Crippen LogP contribution < -0.4 is 10.2 Å². The van der Waals surface area contributed by atoms with Crippen LogP contribution in [0.25, 0.3) is 10.8 Å². The first-order valence-electron chi connectivity index (χ1n) is 12.7. The first-order chi connectivity index (χ1) is 18.4. The Kier molecular flexibility index (Phi) is 7.70. The molecule has 4 aromatic carbocycles. The topological polar surface area (TPSA) is 69.6 Å². The number of ketones is 1. The number of hydrogen-bond acceptors (Lipinski definition) is 4. The minimum Gasteiger partial charge on any atom is -0.387 e. The van der Waals surface area contributed by atoms with E-state index in [1.165, 1.54) is 0 Å².